The lowest BCUT2D eigenvalue weighted by molar-refractivity contribution is -0.126. The minimum Gasteiger partial charge on any atom is -0.475 e. The van der Waals surface area contributed by atoms with Gasteiger partial charge in [0.05, 0.1) is 12.5 Å². The molecule has 1 saturated heterocycles. The maximum absolute atomic E-state index is 12.4. The summed E-state index contributed by atoms with van der Waals surface area (Å²) in [6, 6.07) is 3.48. The Morgan fingerprint density at radius 3 is 2.85 bits per heavy atom. The predicted octanol–water partition coefficient (Wildman–Crippen LogP) is 1.16. The van der Waals surface area contributed by atoms with Crippen LogP contribution in [0.1, 0.15) is 25.3 Å². The molecule has 0 saturated carbocycles. The summed E-state index contributed by atoms with van der Waals surface area (Å²) in [5, 5.41) is 5.72. The van der Waals surface area contributed by atoms with E-state index in [1.807, 2.05) is 13.0 Å². The molecule has 8 nitrogen and oxygen atoms in total. The van der Waals surface area contributed by atoms with Crippen LogP contribution in [-0.4, -0.2) is 61.8 Å². The second kappa shape index (κ2) is 10.6. The quantitative estimate of drug-likeness (QED) is 0.676. The Morgan fingerprint density at radius 2 is 2.15 bits per heavy atom. The van der Waals surface area contributed by atoms with Gasteiger partial charge in [-0.3, -0.25) is 4.79 Å². The smallest absolute Gasteiger partial charge is 0.317 e. The molecule has 26 heavy (non-hydrogen) atoms. The molecule has 1 aliphatic rings. The fraction of sp³-hybridized carbons (Fsp3) is 0.611. The average molecular weight is 364 g/mol. The SMILES string of the molecule is CCNC(=O)C1CCCN(C(=O)NCc2ccc(OCCOC)nc2)C1. The van der Waals surface area contributed by atoms with Crippen LogP contribution in [0, 0.1) is 5.92 Å². The molecule has 8 heteroatoms. The third-order valence-corrected chi connectivity index (χ3v) is 4.21. The summed E-state index contributed by atoms with van der Waals surface area (Å²) in [6.45, 7) is 4.97. The third kappa shape index (κ3) is 6.18. The Balaban J connectivity index is 1.77. The first kappa shape index (κ1) is 20.0. The van der Waals surface area contributed by atoms with Crippen LogP contribution in [0.2, 0.25) is 0 Å². The van der Waals surface area contributed by atoms with Crippen molar-refractivity contribution in [1.29, 1.82) is 0 Å². The normalized spacial score (nSPS) is 16.8. The summed E-state index contributed by atoms with van der Waals surface area (Å²) in [7, 11) is 1.61. The van der Waals surface area contributed by atoms with Crippen LogP contribution in [0.25, 0.3) is 0 Å². The number of amides is 3. The van der Waals surface area contributed by atoms with Gasteiger partial charge in [0.1, 0.15) is 6.61 Å². The number of nitrogens with one attached hydrogen (secondary N) is 2. The molecule has 1 unspecified atom stereocenters. The number of pyridine rings is 1. The number of likely N-dealkylation sites (tertiary alicyclic amines) is 1. The minimum atomic E-state index is -0.153. The third-order valence-electron chi connectivity index (χ3n) is 4.21. The number of rotatable bonds is 8. The van der Waals surface area contributed by atoms with E-state index in [-0.39, 0.29) is 17.9 Å². The Labute approximate surface area is 154 Å². The van der Waals surface area contributed by atoms with Crippen molar-refractivity contribution in [2.75, 3.05) is 40.0 Å². The van der Waals surface area contributed by atoms with Crippen LogP contribution in [-0.2, 0) is 16.1 Å². The largest absolute Gasteiger partial charge is 0.475 e. The minimum absolute atomic E-state index is 0.0262. The number of carbonyl (C=O) groups excluding carboxylic acids is 2. The molecule has 2 N–H and O–H groups in total. The number of ether oxygens (including phenoxy) is 2. The molecule has 0 bridgehead atoms. The van der Waals surface area contributed by atoms with Gasteiger partial charge in [-0.1, -0.05) is 6.07 Å². The second-order valence-electron chi connectivity index (χ2n) is 6.18. The Kier molecular flexibility index (Phi) is 8.14. The number of hydrogen-bond acceptors (Lipinski definition) is 5. The second-order valence-corrected chi connectivity index (χ2v) is 6.18. The van der Waals surface area contributed by atoms with Crippen LogP contribution in [0.4, 0.5) is 4.79 Å². The van der Waals surface area contributed by atoms with Crippen LogP contribution in [0.5, 0.6) is 5.88 Å². The van der Waals surface area contributed by atoms with E-state index in [9.17, 15) is 9.59 Å². The molecule has 0 spiro atoms. The average Bonchev–Trinajstić information content (AvgIpc) is 2.67. The number of hydrogen-bond donors (Lipinski definition) is 2. The highest BCUT2D eigenvalue weighted by molar-refractivity contribution is 5.80. The molecule has 0 aliphatic carbocycles. The number of urea groups is 1. The molecular formula is C18H28N4O4. The number of methoxy groups -OCH3 is 1. The highest BCUT2D eigenvalue weighted by Gasteiger charge is 2.27. The summed E-state index contributed by atoms with van der Waals surface area (Å²) < 4.78 is 10.3. The molecule has 1 aliphatic heterocycles. The molecular weight excluding hydrogens is 336 g/mol. The lowest BCUT2D eigenvalue weighted by atomic mass is 9.97. The van der Waals surface area contributed by atoms with Crippen molar-refractivity contribution in [3.63, 3.8) is 0 Å². The molecule has 1 fully saturated rings. The van der Waals surface area contributed by atoms with Gasteiger partial charge in [-0.15, -0.1) is 0 Å². The van der Waals surface area contributed by atoms with E-state index in [1.165, 1.54) is 0 Å². The van der Waals surface area contributed by atoms with Crippen molar-refractivity contribution in [1.82, 2.24) is 20.5 Å². The highest BCUT2D eigenvalue weighted by Crippen LogP contribution is 2.17. The van der Waals surface area contributed by atoms with Crippen molar-refractivity contribution >= 4 is 11.9 Å². The lowest BCUT2D eigenvalue weighted by Gasteiger charge is -2.32. The van der Waals surface area contributed by atoms with Crippen LogP contribution in [0.15, 0.2) is 18.3 Å². The summed E-state index contributed by atoms with van der Waals surface area (Å²) in [5.41, 5.74) is 0.884. The van der Waals surface area contributed by atoms with Gasteiger partial charge in [0.15, 0.2) is 0 Å². The topological polar surface area (TPSA) is 92.8 Å². The van der Waals surface area contributed by atoms with Gasteiger partial charge in [0.2, 0.25) is 11.8 Å². The Morgan fingerprint density at radius 1 is 1.31 bits per heavy atom. The zero-order valence-corrected chi connectivity index (χ0v) is 15.5. The van der Waals surface area contributed by atoms with Gasteiger partial charge >= 0.3 is 6.03 Å². The van der Waals surface area contributed by atoms with Crippen LogP contribution < -0.4 is 15.4 Å². The van der Waals surface area contributed by atoms with Gasteiger partial charge in [-0.05, 0) is 25.3 Å². The monoisotopic (exact) mass is 364 g/mol. The van der Waals surface area contributed by atoms with E-state index in [1.54, 1.807) is 24.3 Å². The van der Waals surface area contributed by atoms with Crippen molar-refractivity contribution in [2.45, 2.75) is 26.3 Å². The zero-order valence-electron chi connectivity index (χ0n) is 15.5. The summed E-state index contributed by atoms with van der Waals surface area (Å²) in [6.07, 6.45) is 3.34. The highest BCUT2D eigenvalue weighted by atomic mass is 16.5. The summed E-state index contributed by atoms with van der Waals surface area (Å²) >= 11 is 0. The van der Waals surface area contributed by atoms with Gasteiger partial charge in [-0.25, -0.2) is 9.78 Å². The van der Waals surface area contributed by atoms with E-state index < -0.39 is 0 Å². The van der Waals surface area contributed by atoms with Crippen molar-refractivity contribution in [2.24, 2.45) is 5.92 Å². The van der Waals surface area contributed by atoms with E-state index in [0.29, 0.717) is 45.3 Å². The van der Waals surface area contributed by atoms with E-state index in [0.717, 1.165) is 18.4 Å². The molecule has 1 aromatic rings. The van der Waals surface area contributed by atoms with E-state index in [2.05, 4.69) is 15.6 Å². The van der Waals surface area contributed by atoms with Crippen molar-refractivity contribution in [3.05, 3.63) is 23.9 Å². The Bertz CT molecular complexity index is 579. The molecule has 1 atom stereocenters. The molecule has 0 aromatic carbocycles. The van der Waals surface area contributed by atoms with E-state index >= 15 is 0 Å². The van der Waals surface area contributed by atoms with Crippen molar-refractivity contribution < 1.29 is 19.1 Å². The Hall–Kier alpha value is -2.35. The summed E-state index contributed by atoms with van der Waals surface area (Å²) in [5.74, 6) is 0.427. The molecule has 1 aromatic heterocycles. The fourth-order valence-electron chi connectivity index (χ4n) is 2.81. The van der Waals surface area contributed by atoms with E-state index in [4.69, 9.17) is 9.47 Å². The number of carbonyl (C=O) groups is 2. The van der Waals surface area contributed by atoms with Gasteiger partial charge in [0.25, 0.3) is 0 Å². The van der Waals surface area contributed by atoms with Gasteiger partial charge in [0, 0.05) is 45.6 Å². The first-order valence-electron chi connectivity index (χ1n) is 9.01. The number of nitrogens with zero attached hydrogens (tertiary/aromatic N) is 2. The summed E-state index contributed by atoms with van der Waals surface area (Å²) in [4.78, 5) is 30.2. The molecule has 144 valence electrons. The molecule has 2 rings (SSSR count). The van der Waals surface area contributed by atoms with Gasteiger partial charge < -0.3 is 25.0 Å². The zero-order chi connectivity index (χ0) is 18.8. The first-order chi connectivity index (χ1) is 12.6. The maximum atomic E-state index is 12.4. The molecule has 2 heterocycles. The maximum Gasteiger partial charge on any atom is 0.317 e. The number of piperidine rings is 1. The predicted molar refractivity (Wildman–Crippen MR) is 96.8 cm³/mol. The fourth-order valence-corrected chi connectivity index (χ4v) is 2.81. The van der Waals surface area contributed by atoms with Crippen LogP contribution >= 0.6 is 0 Å². The van der Waals surface area contributed by atoms with Gasteiger partial charge in [-0.2, -0.15) is 0 Å². The van der Waals surface area contributed by atoms with Crippen LogP contribution in [0.3, 0.4) is 0 Å². The lowest BCUT2D eigenvalue weighted by Crippen LogP contribution is -2.48. The molecule has 3 amide bonds. The first-order valence-corrected chi connectivity index (χ1v) is 9.01. The number of aromatic nitrogens is 1. The van der Waals surface area contributed by atoms with Crippen molar-refractivity contribution in [3.8, 4) is 5.88 Å². The standard InChI is InChI=1S/C18H28N4O4/c1-3-19-17(23)15-5-4-8-22(13-15)18(24)21-12-14-6-7-16(20-11-14)26-10-9-25-2/h6-7,11,15H,3-5,8-10,12-13H2,1-2H3,(H,19,23)(H,21,24). The molecule has 0 radical (unpaired) electrons.